The average molecular weight is 287 g/mol. The third-order valence-corrected chi connectivity index (χ3v) is 3.70. The van der Waals surface area contributed by atoms with Gasteiger partial charge in [0.2, 0.25) is 5.82 Å². The number of aromatic nitrogens is 4. The monoisotopic (exact) mass is 287 g/mol. The number of imidazole rings is 1. The van der Waals surface area contributed by atoms with E-state index in [0.29, 0.717) is 5.69 Å². The molecule has 7 nitrogen and oxygen atoms in total. The maximum absolute atomic E-state index is 12.2. The second-order valence-corrected chi connectivity index (χ2v) is 5.15. The van der Waals surface area contributed by atoms with Gasteiger partial charge in [0, 0.05) is 26.4 Å². The molecule has 0 aromatic carbocycles. The normalized spacial score (nSPS) is 20.9. The fraction of sp³-hybridized carbons (Fsp3) is 0.429. The van der Waals surface area contributed by atoms with Gasteiger partial charge in [-0.3, -0.25) is 4.79 Å². The Kier molecular flexibility index (Phi) is 3.66. The molecule has 2 aromatic rings. The van der Waals surface area contributed by atoms with Gasteiger partial charge >= 0.3 is 0 Å². The van der Waals surface area contributed by atoms with Gasteiger partial charge in [-0.2, -0.15) is 0 Å². The number of hydrogen-bond donors (Lipinski definition) is 1. The lowest BCUT2D eigenvalue weighted by Gasteiger charge is -2.34. The van der Waals surface area contributed by atoms with E-state index >= 15 is 0 Å². The van der Waals surface area contributed by atoms with E-state index in [9.17, 15) is 4.79 Å². The van der Waals surface area contributed by atoms with E-state index in [4.69, 9.17) is 4.74 Å². The van der Waals surface area contributed by atoms with E-state index in [1.165, 1.54) is 0 Å². The highest BCUT2D eigenvalue weighted by Gasteiger charge is 2.30. The van der Waals surface area contributed by atoms with Crippen LogP contribution in [0.25, 0.3) is 11.4 Å². The zero-order chi connectivity index (χ0) is 14.8. The van der Waals surface area contributed by atoms with Crippen LogP contribution in [0, 0.1) is 0 Å². The minimum Gasteiger partial charge on any atom is -0.381 e. The molecule has 7 heteroatoms. The quantitative estimate of drug-likeness (QED) is 0.898. The number of nitrogens with zero attached hydrogens (tertiary/aromatic N) is 4. The first-order valence-corrected chi connectivity index (χ1v) is 6.80. The first kappa shape index (κ1) is 13.7. The summed E-state index contributed by atoms with van der Waals surface area (Å²) in [6.07, 6.45) is 6.91. The molecule has 1 aliphatic carbocycles. The Bertz CT molecular complexity index is 648. The van der Waals surface area contributed by atoms with Gasteiger partial charge in [-0.05, 0) is 18.9 Å². The summed E-state index contributed by atoms with van der Waals surface area (Å²) in [5, 5.41) is 2.92. The summed E-state index contributed by atoms with van der Waals surface area (Å²) in [4.78, 5) is 24.6. The van der Waals surface area contributed by atoms with Crippen molar-refractivity contribution in [1.82, 2.24) is 24.8 Å². The molecule has 1 amide bonds. The second-order valence-electron chi connectivity index (χ2n) is 5.15. The Labute approximate surface area is 122 Å². The summed E-state index contributed by atoms with van der Waals surface area (Å²) in [6, 6.07) is 1.91. The van der Waals surface area contributed by atoms with Gasteiger partial charge in [0.05, 0.1) is 30.0 Å². The van der Waals surface area contributed by atoms with E-state index < -0.39 is 0 Å². The molecule has 0 atom stereocenters. The van der Waals surface area contributed by atoms with Crippen LogP contribution in [0.5, 0.6) is 0 Å². The number of ether oxygens (including phenoxy) is 1. The van der Waals surface area contributed by atoms with Gasteiger partial charge in [-0.15, -0.1) is 0 Å². The summed E-state index contributed by atoms with van der Waals surface area (Å²) in [5.74, 6) is -0.0758. The molecular weight excluding hydrogens is 270 g/mol. The maximum atomic E-state index is 12.2. The van der Waals surface area contributed by atoms with Gasteiger partial charge in [-0.25, -0.2) is 15.0 Å². The standard InChI is InChI=1S/C14H17N5O2/c1-19-8-15-7-12(19)11-3-4-16-13(18-11)14(20)17-9-5-10(6-9)21-2/h3-4,7-10H,5-6H2,1-2H3,(H,17,20)/t9-,10-. The number of hydrogen-bond acceptors (Lipinski definition) is 5. The van der Waals surface area contributed by atoms with Crippen molar-refractivity contribution in [1.29, 1.82) is 0 Å². The lowest BCUT2D eigenvalue weighted by Crippen LogP contribution is -2.47. The van der Waals surface area contributed by atoms with Gasteiger partial charge in [0.15, 0.2) is 0 Å². The van der Waals surface area contributed by atoms with Crippen molar-refractivity contribution in [2.45, 2.75) is 25.0 Å². The van der Waals surface area contributed by atoms with Gasteiger partial charge in [-0.1, -0.05) is 0 Å². The predicted molar refractivity (Wildman–Crippen MR) is 75.5 cm³/mol. The van der Waals surface area contributed by atoms with Crippen molar-refractivity contribution in [3.05, 3.63) is 30.6 Å². The SMILES string of the molecule is CO[C@H]1C[C@H](NC(=O)c2nccc(-c3cncn3C)n2)C1. The van der Waals surface area contributed by atoms with Crippen LogP contribution in [-0.2, 0) is 11.8 Å². The van der Waals surface area contributed by atoms with Crippen molar-refractivity contribution < 1.29 is 9.53 Å². The average Bonchev–Trinajstić information content (AvgIpc) is 2.88. The van der Waals surface area contributed by atoms with E-state index in [2.05, 4.69) is 20.3 Å². The number of methoxy groups -OCH3 is 1. The van der Waals surface area contributed by atoms with Crippen LogP contribution >= 0.6 is 0 Å². The largest absolute Gasteiger partial charge is 0.381 e. The smallest absolute Gasteiger partial charge is 0.289 e. The molecule has 0 aliphatic heterocycles. The summed E-state index contributed by atoms with van der Waals surface area (Å²) in [5.41, 5.74) is 1.52. The molecule has 1 fully saturated rings. The van der Waals surface area contributed by atoms with E-state index in [1.807, 2.05) is 11.6 Å². The number of rotatable bonds is 4. The van der Waals surface area contributed by atoms with Crippen molar-refractivity contribution in [3.63, 3.8) is 0 Å². The van der Waals surface area contributed by atoms with Crippen LogP contribution in [0.2, 0.25) is 0 Å². The van der Waals surface area contributed by atoms with Crippen molar-refractivity contribution in [2.24, 2.45) is 7.05 Å². The Morgan fingerprint density at radius 1 is 1.48 bits per heavy atom. The molecule has 110 valence electrons. The summed E-state index contributed by atoms with van der Waals surface area (Å²) >= 11 is 0. The molecule has 0 radical (unpaired) electrons. The molecular formula is C14H17N5O2. The van der Waals surface area contributed by atoms with Gasteiger partial charge in [0.1, 0.15) is 0 Å². The van der Waals surface area contributed by atoms with Gasteiger partial charge in [0.25, 0.3) is 5.91 Å². The first-order chi connectivity index (χ1) is 10.2. The van der Waals surface area contributed by atoms with Crippen LogP contribution in [0.4, 0.5) is 0 Å². The van der Waals surface area contributed by atoms with Crippen LogP contribution in [0.1, 0.15) is 23.5 Å². The second kappa shape index (κ2) is 5.61. The minimum atomic E-state index is -0.251. The van der Waals surface area contributed by atoms with Crippen molar-refractivity contribution in [2.75, 3.05) is 7.11 Å². The summed E-state index contributed by atoms with van der Waals surface area (Å²) < 4.78 is 7.04. The van der Waals surface area contributed by atoms with Crippen molar-refractivity contribution in [3.8, 4) is 11.4 Å². The molecule has 1 saturated carbocycles. The molecule has 0 bridgehead atoms. The summed E-state index contributed by atoms with van der Waals surface area (Å²) in [6.45, 7) is 0. The Morgan fingerprint density at radius 2 is 2.29 bits per heavy atom. The Balaban J connectivity index is 1.71. The fourth-order valence-electron chi connectivity index (χ4n) is 2.34. The molecule has 1 N–H and O–H groups in total. The lowest BCUT2D eigenvalue weighted by atomic mass is 9.89. The molecule has 21 heavy (non-hydrogen) atoms. The van der Waals surface area contributed by atoms with E-state index in [-0.39, 0.29) is 23.9 Å². The highest BCUT2D eigenvalue weighted by atomic mass is 16.5. The lowest BCUT2D eigenvalue weighted by molar-refractivity contribution is 0.0174. The zero-order valence-corrected chi connectivity index (χ0v) is 12.0. The number of carbonyl (C=O) groups is 1. The first-order valence-electron chi connectivity index (χ1n) is 6.80. The zero-order valence-electron chi connectivity index (χ0n) is 12.0. The molecule has 2 heterocycles. The number of amides is 1. The summed E-state index contributed by atoms with van der Waals surface area (Å²) in [7, 11) is 3.56. The third kappa shape index (κ3) is 2.78. The van der Waals surface area contributed by atoms with Crippen LogP contribution in [-0.4, -0.2) is 44.7 Å². The Hall–Kier alpha value is -2.28. The molecule has 1 aliphatic rings. The highest BCUT2D eigenvalue weighted by molar-refractivity contribution is 5.91. The van der Waals surface area contributed by atoms with Gasteiger partial charge < -0.3 is 14.6 Å². The third-order valence-electron chi connectivity index (χ3n) is 3.70. The molecule has 0 spiro atoms. The topological polar surface area (TPSA) is 81.9 Å². The maximum Gasteiger partial charge on any atom is 0.289 e. The highest BCUT2D eigenvalue weighted by Crippen LogP contribution is 2.22. The predicted octanol–water partition coefficient (Wildman–Crippen LogP) is 0.784. The number of carbonyl (C=O) groups excluding carboxylic acids is 1. The minimum absolute atomic E-state index is 0.145. The van der Waals surface area contributed by atoms with E-state index in [0.717, 1.165) is 18.5 Å². The fourth-order valence-corrected chi connectivity index (χ4v) is 2.34. The number of aryl methyl sites for hydroxylation is 1. The van der Waals surface area contributed by atoms with E-state index in [1.54, 1.807) is 31.9 Å². The Morgan fingerprint density at radius 3 is 2.95 bits per heavy atom. The molecule has 0 unspecified atom stereocenters. The van der Waals surface area contributed by atoms with Crippen LogP contribution < -0.4 is 5.32 Å². The van der Waals surface area contributed by atoms with Crippen LogP contribution in [0.3, 0.4) is 0 Å². The van der Waals surface area contributed by atoms with Crippen LogP contribution in [0.15, 0.2) is 24.8 Å². The molecule has 0 saturated heterocycles. The molecule has 2 aromatic heterocycles. The number of nitrogens with one attached hydrogen (secondary N) is 1. The van der Waals surface area contributed by atoms with Crippen molar-refractivity contribution >= 4 is 5.91 Å². The molecule has 3 rings (SSSR count).